The molecule has 0 aromatic carbocycles. The minimum Gasteiger partial charge on any atom is -0.546 e. The fourth-order valence-electron chi connectivity index (χ4n) is 0.949. The van der Waals surface area contributed by atoms with Gasteiger partial charge in [0.25, 0.3) is 0 Å². The van der Waals surface area contributed by atoms with Crippen LogP contribution >= 0.6 is 0 Å². The van der Waals surface area contributed by atoms with E-state index in [1.165, 1.54) is 18.5 Å². The average Bonchev–Trinajstić information content (AvgIpc) is 2.15. The summed E-state index contributed by atoms with van der Waals surface area (Å²) in [4.78, 5) is 24.9. The summed E-state index contributed by atoms with van der Waals surface area (Å²) < 4.78 is 4.56. The standard InChI is InChI=1S/C9H9NO4.Na/c1-6(11)14-8(9(12)13)7-3-2-4-10-5-7;/h2-5,8H,1H3,(H,12,13);/q;+1/p-1/t8-;/m0./s1. The molecule has 0 aliphatic heterocycles. The van der Waals surface area contributed by atoms with E-state index in [9.17, 15) is 14.7 Å². The van der Waals surface area contributed by atoms with Crippen molar-refractivity contribution in [3.63, 3.8) is 0 Å². The van der Waals surface area contributed by atoms with Crippen LogP contribution in [0.4, 0.5) is 0 Å². The Hall–Kier alpha value is -0.910. The Morgan fingerprint density at radius 3 is 2.60 bits per heavy atom. The van der Waals surface area contributed by atoms with Gasteiger partial charge in [0.05, 0.1) is 5.97 Å². The zero-order valence-electron chi connectivity index (χ0n) is 8.47. The molecule has 15 heavy (non-hydrogen) atoms. The molecule has 0 spiro atoms. The van der Waals surface area contributed by atoms with Crippen LogP contribution in [0.2, 0.25) is 0 Å². The van der Waals surface area contributed by atoms with Crippen molar-refractivity contribution in [1.82, 2.24) is 4.98 Å². The van der Waals surface area contributed by atoms with E-state index < -0.39 is 18.0 Å². The molecule has 6 heteroatoms. The molecule has 5 nitrogen and oxygen atoms in total. The number of carboxylic acids is 1. The quantitative estimate of drug-likeness (QED) is 0.386. The number of aliphatic carboxylic acids is 1. The van der Waals surface area contributed by atoms with Gasteiger partial charge in [-0.25, -0.2) is 0 Å². The second-order valence-corrected chi connectivity index (χ2v) is 2.59. The predicted octanol–water partition coefficient (Wildman–Crippen LogP) is -3.56. The van der Waals surface area contributed by atoms with Gasteiger partial charge in [0.2, 0.25) is 0 Å². The SMILES string of the molecule is CC(=O)O[C@H](C(=O)[O-])c1cccnc1.[Na+]. The van der Waals surface area contributed by atoms with Gasteiger partial charge in [-0.05, 0) is 6.07 Å². The number of pyridine rings is 1. The molecule has 0 fully saturated rings. The molecule has 0 bridgehead atoms. The average molecular weight is 217 g/mol. The third kappa shape index (κ3) is 4.42. The molecule has 1 aromatic heterocycles. The molecule has 1 rings (SSSR count). The van der Waals surface area contributed by atoms with E-state index in [1.54, 1.807) is 6.07 Å². The van der Waals surface area contributed by atoms with Gasteiger partial charge in [-0.15, -0.1) is 0 Å². The van der Waals surface area contributed by atoms with Crippen molar-refractivity contribution in [2.75, 3.05) is 0 Å². The van der Waals surface area contributed by atoms with Crippen molar-refractivity contribution < 1.29 is 49.0 Å². The van der Waals surface area contributed by atoms with Gasteiger partial charge in [-0.3, -0.25) is 9.78 Å². The second-order valence-electron chi connectivity index (χ2n) is 2.59. The molecule has 0 radical (unpaired) electrons. The van der Waals surface area contributed by atoms with E-state index in [0.29, 0.717) is 0 Å². The summed E-state index contributed by atoms with van der Waals surface area (Å²) in [6, 6.07) is 3.05. The summed E-state index contributed by atoms with van der Waals surface area (Å²) in [6.07, 6.45) is 1.41. The van der Waals surface area contributed by atoms with Crippen LogP contribution in [0.3, 0.4) is 0 Å². The van der Waals surface area contributed by atoms with E-state index in [4.69, 9.17) is 0 Å². The largest absolute Gasteiger partial charge is 1.00 e. The van der Waals surface area contributed by atoms with Crippen molar-refractivity contribution in [1.29, 1.82) is 0 Å². The van der Waals surface area contributed by atoms with Crippen LogP contribution in [-0.4, -0.2) is 16.9 Å². The van der Waals surface area contributed by atoms with E-state index in [2.05, 4.69) is 9.72 Å². The zero-order valence-corrected chi connectivity index (χ0v) is 10.5. The van der Waals surface area contributed by atoms with E-state index >= 15 is 0 Å². The number of aromatic nitrogens is 1. The maximum Gasteiger partial charge on any atom is 1.00 e. The molecule has 74 valence electrons. The number of carbonyl (C=O) groups is 2. The maximum atomic E-state index is 10.6. The molecule has 0 amide bonds. The molecule has 0 saturated carbocycles. The first-order valence-electron chi connectivity index (χ1n) is 3.89. The molecule has 1 aromatic rings. The summed E-state index contributed by atoms with van der Waals surface area (Å²) in [5.41, 5.74) is 0.280. The van der Waals surface area contributed by atoms with Crippen molar-refractivity contribution >= 4 is 11.9 Å². The van der Waals surface area contributed by atoms with Gasteiger partial charge < -0.3 is 14.6 Å². The Balaban J connectivity index is 0.00000196. The van der Waals surface area contributed by atoms with Crippen LogP contribution in [0.1, 0.15) is 18.6 Å². The number of ether oxygens (including phenoxy) is 1. The Labute approximate surface area is 109 Å². The van der Waals surface area contributed by atoms with Gasteiger partial charge in [-0.1, -0.05) is 6.07 Å². The van der Waals surface area contributed by atoms with Crippen LogP contribution in [-0.2, 0) is 14.3 Å². The van der Waals surface area contributed by atoms with E-state index in [-0.39, 0.29) is 35.1 Å². The van der Waals surface area contributed by atoms with E-state index in [0.717, 1.165) is 6.92 Å². The van der Waals surface area contributed by atoms with Crippen LogP contribution in [0.5, 0.6) is 0 Å². The summed E-state index contributed by atoms with van der Waals surface area (Å²) >= 11 is 0. The summed E-state index contributed by atoms with van der Waals surface area (Å²) in [5, 5.41) is 10.6. The molecule has 1 heterocycles. The van der Waals surface area contributed by atoms with Crippen molar-refractivity contribution in [2.45, 2.75) is 13.0 Å². The number of nitrogens with zero attached hydrogens (tertiary/aromatic N) is 1. The third-order valence-corrected chi connectivity index (χ3v) is 1.49. The number of hydrogen-bond donors (Lipinski definition) is 0. The fraction of sp³-hybridized carbons (Fsp3) is 0.222. The Morgan fingerprint density at radius 2 is 2.20 bits per heavy atom. The number of rotatable bonds is 3. The Kier molecular flexibility index (Phi) is 6.15. The topological polar surface area (TPSA) is 79.3 Å². The molecule has 0 N–H and O–H groups in total. The van der Waals surface area contributed by atoms with Crippen LogP contribution in [0.15, 0.2) is 24.5 Å². The second kappa shape index (κ2) is 6.55. The normalized spacial score (nSPS) is 11.0. The summed E-state index contributed by atoms with van der Waals surface area (Å²) in [5.74, 6) is -2.14. The monoisotopic (exact) mass is 217 g/mol. The number of carboxylic acid groups (broad SMARTS) is 1. The number of hydrogen-bond acceptors (Lipinski definition) is 5. The van der Waals surface area contributed by atoms with Gasteiger partial charge in [-0.2, -0.15) is 0 Å². The predicted molar refractivity (Wildman–Crippen MR) is 43.8 cm³/mol. The number of esters is 1. The maximum absolute atomic E-state index is 10.6. The molecule has 0 unspecified atom stereocenters. The third-order valence-electron chi connectivity index (χ3n) is 1.49. The Bertz CT molecular complexity index is 341. The van der Waals surface area contributed by atoms with E-state index in [1.807, 2.05) is 0 Å². The van der Waals surface area contributed by atoms with Crippen LogP contribution < -0.4 is 34.7 Å². The van der Waals surface area contributed by atoms with Crippen molar-refractivity contribution in [3.8, 4) is 0 Å². The van der Waals surface area contributed by atoms with Crippen LogP contribution in [0.25, 0.3) is 0 Å². The first-order valence-corrected chi connectivity index (χ1v) is 3.89. The van der Waals surface area contributed by atoms with Crippen molar-refractivity contribution in [2.24, 2.45) is 0 Å². The minimum atomic E-state index is -1.46. The summed E-state index contributed by atoms with van der Waals surface area (Å²) in [7, 11) is 0. The van der Waals surface area contributed by atoms with Crippen LogP contribution in [0, 0.1) is 0 Å². The molecule has 0 aliphatic rings. The molecule has 0 aliphatic carbocycles. The zero-order chi connectivity index (χ0) is 10.6. The van der Waals surface area contributed by atoms with Crippen molar-refractivity contribution in [3.05, 3.63) is 30.1 Å². The van der Waals surface area contributed by atoms with Gasteiger partial charge >= 0.3 is 35.5 Å². The van der Waals surface area contributed by atoms with Gasteiger partial charge in [0.1, 0.15) is 0 Å². The molecule has 0 saturated heterocycles. The molecule has 1 atom stereocenters. The van der Waals surface area contributed by atoms with Gasteiger partial charge in [0, 0.05) is 24.9 Å². The molecular formula is C9H8NNaO4. The fourth-order valence-corrected chi connectivity index (χ4v) is 0.949. The minimum absolute atomic E-state index is 0. The Morgan fingerprint density at radius 1 is 1.53 bits per heavy atom. The van der Waals surface area contributed by atoms with Gasteiger partial charge in [0.15, 0.2) is 6.10 Å². The summed E-state index contributed by atoms with van der Waals surface area (Å²) in [6.45, 7) is 1.13. The molecular weight excluding hydrogens is 209 g/mol. The smallest absolute Gasteiger partial charge is 0.546 e. The first-order chi connectivity index (χ1) is 6.61. The number of carbonyl (C=O) groups excluding carboxylic acids is 2. The first kappa shape index (κ1) is 14.1.